The predicted molar refractivity (Wildman–Crippen MR) is 93.8 cm³/mol. The quantitative estimate of drug-likeness (QED) is 0.830. The summed E-state index contributed by atoms with van der Waals surface area (Å²) in [5.74, 6) is -0.262. The average molecular weight is 326 g/mol. The standard InChI is InChI=1S/C19H22N2O3/c1-14(2)11-20(12-16-7-5-4-6-8-16)19(24)13-21-15(3)9-17(22)10-18(21)23/h4-10,22H,1,11-13H2,2-3H3. The monoisotopic (exact) mass is 326 g/mol. The number of benzene rings is 1. The molecule has 1 amide bonds. The Morgan fingerprint density at radius 3 is 2.50 bits per heavy atom. The first-order chi connectivity index (χ1) is 11.4. The Morgan fingerprint density at radius 2 is 1.92 bits per heavy atom. The van der Waals surface area contributed by atoms with Crippen molar-refractivity contribution in [2.75, 3.05) is 6.54 Å². The number of carbonyl (C=O) groups excluding carboxylic acids is 1. The lowest BCUT2D eigenvalue weighted by Crippen LogP contribution is -2.37. The van der Waals surface area contributed by atoms with Crippen LogP contribution in [0.15, 0.2) is 59.4 Å². The Labute approximate surface area is 141 Å². The largest absolute Gasteiger partial charge is 0.508 e. The van der Waals surface area contributed by atoms with Crippen LogP contribution in [0.25, 0.3) is 0 Å². The number of pyridine rings is 1. The first-order valence-corrected chi connectivity index (χ1v) is 7.73. The van der Waals surface area contributed by atoms with E-state index in [4.69, 9.17) is 0 Å². The zero-order chi connectivity index (χ0) is 17.7. The van der Waals surface area contributed by atoms with Crippen LogP contribution in [-0.2, 0) is 17.9 Å². The van der Waals surface area contributed by atoms with Gasteiger partial charge in [0.2, 0.25) is 5.91 Å². The Hall–Kier alpha value is -2.82. The van der Waals surface area contributed by atoms with E-state index in [0.717, 1.165) is 17.2 Å². The van der Waals surface area contributed by atoms with Gasteiger partial charge >= 0.3 is 0 Å². The third-order valence-corrected chi connectivity index (χ3v) is 3.64. The molecular weight excluding hydrogens is 304 g/mol. The van der Waals surface area contributed by atoms with E-state index in [2.05, 4.69) is 6.58 Å². The summed E-state index contributed by atoms with van der Waals surface area (Å²) in [5.41, 5.74) is 2.04. The topological polar surface area (TPSA) is 62.5 Å². The Bertz CT molecular complexity index is 794. The van der Waals surface area contributed by atoms with E-state index in [1.54, 1.807) is 11.8 Å². The number of carbonyl (C=O) groups is 1. The molecule has 1 aromatic heterocycles. The lowest BCUT2D eigenvalue weighted by Gasteiger charge is -2.24. The molecule has 1 aromatic carbocycles. The number of hydrogen-bond donors (Lipinski definition) is 1. The van der Waals surface area contributed by atoms with Crippen molar-refractivity contribution in [2.24, 2.45) is 0 Å². The number of aryl methyl sites for hydroxylation is 1. The molecule has 0 unspecified atom stereocenters. The zero-order valence-electron chi connectivity index (χ0n) is 14.0. The van der Waals surface area contributed by atoms with Gasteiger partial charge in [0.15, 0.2) is 0 Å². The number of aromatic hydroxyl groups is 1. The molecule has 0 spiro atoms. The molecule has 24 heavy (non-hydrogen) atoms. The van der Waals surface area contributed by atoms with Crippen molar-refractivity contribution in [2.45, 2.75) is 26.9 Å². The lowest BCUT2D eigenvalue weighted by atomic mass is 10.2. The van der Waals surface area contributed by atoms with Gasteiger partial charge in [0, 0.05) is 24.8 Å². The van der Waals surface area contributed by atoms with Crippen molar-refractivity contribution >= 4 is 5.91 Å². The van der Waals surface area contributed by atoms with Crippen molar-refractivity contribution < 1.29 is 9.90 Å². The van der Waals surface area contributed by atoms with Crippen LogP contribution in [0.3, 0.4) is 0 Å². The minimum atomic E-state index is -0.393. The number of rotatable bonds is 6. The van der Waals surface area contributed by atoms with E-state index in [0.29, 0.717) is 18.8 Å². The van der Waals surface area contributed by atoms with E-state index in [9.17, 15) is 14.7 Å². The van der Waals surface area contributed by atoms with Crippen molar-refractivity contribution in [1.82, 2.24) is 9.47 Å². The van der Waals surface area contributed by atoms with Crippen LogP contribution in [0.2, 0.25) is 0 Å². The van der Waals surface area contributed by atoms with Crippen LogP contribution in [0.1, 0.15) is 18.2 Å². The van der Waals surface area contributed by atoms with E-state index < -0.39 is 5.56 Å². The minimum absolute atomic E-state index is 0.0644. The fourth-order valence-corrected chi connectivity index (χ4v) is 2.51. The van der Waals surface area contributed by atoms with E-state index in [1.807, 2.05) is 37.3 Å². The van der Waals surface area contributed by atoms with Crippen molar-refractivity contribution in [3.8, 4) is 5.75 Å². The molecule has 5 nitrogen and oxygen atoms in total. The van der Waals surface area contributed by atoms with Gasteiger partial charge in [-0.1, -0.05) is 42.5 Å². The summed E-state index contributed by atoms with van der Waals surface area (Å²) in [6.45, 7) is 8.25. The number of aromatic nitrogens is 1. The van der Waals surface area contributed by atoms with Crippen LogP contribution in [0.5, 0.6) is 5.75 Å². The second-order valence-electron chi connectivity index (χ2n) is 5.97. The Kier molecular flexibility index (Phi) is 5.58. The predicted octanol–water partition coefficient (Wildman–Crippen LogP) is 2.47. The molecule has 0 atom stereocenters. The molecule has 0 saturated carbocycles. The van der Waals surface area contributed by atoms with Gasteiger partial charge in [-0.05, 0) is 25.5 Å². The van der Waals surface area contributed by atoms with Crippen LogP contribution in [0, 0.1) is 6.92 Å². The number of nitrogens with zero attached hydrogens (tertiary/aromatic N) is 2. The van der Waals surface area contributed by atoms with Crippen LogP contribution < -0.4 is 5.56 Å². The molecule has 0 bridgehead atoms. The van der Waals surface area contributed by atoms with Gasteiger partial charge in [-0.2, -0.15) is 0 Å². The van der Waals surface area contributed by atoms with Gasteiger partial charge in [-0.25, -0.2) is 0 Å². The van der Waals surface area contributed by atoms with E-state index >= 15 is 0 Å². The first kappa shape index (κ1) is 17.5. The van der Waals surface area contributed by atoms with Gasteiger partial charge in [0.05, 0.1) is 0 Å². The highest BCUT2D eigenvalue weighted by atomic mass is 16.3. The Balaban J connectivity index is 2.22. The maximum Gasteiger partial charge on any atom is 0.254 e. The highest BCUT2D eigenvalue weighted by Crippen LogP contribution is 2.10. The summed E-state index contributed by atoms with van der Waals surface area (Å²) < 4.78 is 1.36. The van der Waals surface area contributed by atoms with Crippen molar-refractivity contribution in [3.05, 3.63) is 76.2 Å². The van der Waals surface area contributed by atoms with Gasteiger partial charge in [-0.3, -0.25) is 9.59 Å². The fourth-order valence-electron chi connectivity index (χ4n) is 2.51. The fraction of sp³-hybridized carbons (Fsp3) is 0.263. The van der Waals surface area contributed by atoms with E-state index in [-0.39, 0.29) is 18.2 Å². The number of amides is 1. The second-order valence-corrected chi connectivity index (χ2v) is 5.97. The maximum atomic E-state index is 12.7. The highest BCUT2D eigenvalue weighted by Gasteiger charge is 2.16. The van der Waals surface area contributed by atoms with E-state index in [1.165, 1.54) is 10.6 Å². The third kappa shape index (κ3) is 4.59. The molecule has 2 aromatic rings. The maximum absolute atomic E-state index is 12.7. The summed E-state index contributed by atoms with van der Waals surface area (Å²) in [6, 6.07) is 12.3. The minimum Gasteiger partial charge on any atom is -0.508 e. The lowest BCUT2D eigenvalue weighted by molar-refractivity contribution is -0.132. The Morgan fingerprint density at radius 1 is 1.25 bits per heavy atom. The second kappa shape index (κ2) is 7.64. The molecule has 2 rings (SSSR count). The van der Waals surface area contributed by atoms with Gasteiger partial charge < -0.3 is 14.6 Å². The molecule has 1 N–H and O–H groups in total. The molecule has 1 heterocycles. The first-order valence-electron chi connectivity index (χ1n) is 7.73. The van der Waals surface area contributed by atoms with Gasteiger partial charge in [0.1, 0.15) is 12.3 Å². The molecule has 0 fully saturated rings. The molecule has 126 valence electrons. The molecule has 0 saturated heterocycles. The normalized spacial score (nSPS) is 10.4. The van der Waals surface area contributed by atoms with Gasteiger partial charge in [0.25, 0.3) is 5.56 Å². The third-order valence-electron chi connectivity index (χ3n) is 3.64. The summed E-state index contributed by atoms with van der Waals surface area (Å²) in [7, 11) is 0. The highest BCUT2D eigenvalue weighted by molar-refractivity contribution is 5.76. The van der Waals surface area contributed by atoms with Crippen LogP contribution in [-0.4, -0.2) is 27.0 Å². The molecule has 0 aliphatic carbocycles. The molecule has 0 aliphatic rings. The smallest absolute Gasteiger partial charge is 0.254 e. The van der Waals surface area contributed by atoms with Crippen molar-refractivity contribution in [3.63, 3.8) is 0 Å². The molecular formula is C19H22N2O3. The number of hydrogen-bond acceptors (Lipinski definition) is 3. The van der Waals surface area contributed by atoms with Crippen molar-refractivity contribution in [1.29, 1.82) is 0 Å². The summed E-state index contributed by atoms with van der Waals surface area (Å²) >= 11 is 0. The SMILES string of the molecule is C=C(C)CN(Cc1ccccc1)C(=O)Cn1c(C)cc(O)cc1=O. The summed E-state index contributed by atoms with van der Waals surface area (Å²) in [6.07, 6.45) is 0. The van der Waals surface area contributed by atoms with Crippen LogP contribution in [0.4, 0.5) is 0 Å². The molecule has 0 aliphatic heterocycles. The van der Waals surface area contributed by atoms with Crippen LogP contribution >= 0.6 is 0 Å². The summed E-state index contributed by atoms with van der Waals surface area (Å²) in [5, 5.41) is 9.46. The zero-order valence-corrected chi connectivity index (χ0v) is 14.0. The average Bonchev–Trinajstić information content (AvgIpc) is 2.50. The summed E-state index contributed by atoms with van der Waals surface area (Å²) in [4.78, 5) is 26.4. The van der Waals surface area contributed by atoms with Gasteiger partial charge in [-0.15, -0.1) is 0 Å². The molecule has 0 radical (unpaired) electrons. The molecule has 5 heteroatoms.